The number of hydrogen-bond donors (Lipinski definition) is 1. The molecule has 4 fully saturated rings. The summed E-state index contributed by atoms with van der Waals surface area (Å²) in [6.45, 7) is -2.46. The van der Waals surface area contributed by atoms with E-state index in [1.165, 1.54) is 24.5 Å². The molecule has 1 N–H and O–H groups in total. The fourth-order valence-corrected chi connectivity index (χ4v) is 6.09. The molecule has 0 atom stereocenters. The van der Waals surface area contributed by atoms with Crippen LogP contribution in [-0.2, 0) is 4.74 Å². The lowest BCUT2D eigenvalue weighted by molar-refractivity contribution is -0.181. The van der Waals surface area contributed by atoms with Crippen LogP contribution in [0.4, 0.5) is 8.78 Å². The highest BCUT2D eigenvalue weighted by molar-refractivity contribution is 6.39. The summed E-state index contributed by atoms with van der Waals surface area (Å²) in [7, 11) is 0. The number of rotatable bonds is 10. The number of pyridine rings is 1. The summed E-state index contributed by atoms with van der Waals surface area (Å²) >= 11 is 12.9. The van der Waals surface area contributed by atoms with E-state index in [0.29, 0.717) is 46.7 Å². The van der Waals surface area contributed by atoms with Gasteiger partial charge in [0.1, 0.15) is 35.2 Å². The maximum absolute atomic E-state index is 12.7. The van der Waals surface area contributed by atoms with Crippen molar-refractivity contribution in [3.63, 3.8) is 0 Å². The van der Waals surface area contributed by atoms with E-state index >= 15 is 0 Å². The SMILES string of the molecule is O=C(O)c1cc(OCC23CCC(C=Cc4c(-c5c(Cl)cncc5Cl)noc4C4CC4)(CC2)CO3)cc(OC(F)F)c1. The Bertz CT molecular complexity index is 1460. The van der Waals surface area contributed by atoms with Gasteiger partial charge >= 0.3 is 12.6 Å². The Balaban J connectivity index is 1.17. The van der Waals surface area contributed by atoms with Crippen molar-refractivity contribution in [2.45, 2.75) is 56.7 Å². The highest BCUT2D eigenvalue weighted by Gasteiger charge is 2.49. The van der Waals surface area contributed by atoms with E-state index in [2.05, 4.69) is 21.0 Å². The van der Waals surface area contributed by atoms with Gasteiger partial charge in [0.2, 0.25) is 0 Å². The Morgan fingerprint density at radius 3 is 2.44 bits per heavy atom. The average Bonchev–Trinajstić information content (AvgIpc) is 3.71. The monoisotopic (exact) mass is 606 g/mol. The molecule has 7 rings (SSSR count). The predicted molar refractivity (Wildman–Crippen MR) is 146 cm³/mol. The maximum Gasteiger partial charge on any atom is 0.387 e. The predicted octanol–water partition coefficient (Wildman–Crippen LogP) is 7.64. The molecular weight excluding hydrogens is 581 g/mol. The number of carbonyl (C=O) groups is 1. The van der Waals surface area contributed by atoms with Crippen LogP contribution in [0.2, 0.25) is 10.0 Å². The van der Waals surface area contributed by atoms with E-state index in [4.69, 9.17) is 37.2 Å². The Hall–Kier alpha value is -3.21. The Kier molecular flexibility index (Phi) is 7.42. The molecule has 2 aliphatic carbocycles. The summed E-state index contributed by atoms with van der Waals surface area (Å²) in [5.74, 6) is -0.284. The zero-order valence-electron chi connectivity index (χ0n) is 21.7. The van der Waals surface area contributed by atoms with Crippen molar-refractivity contribution in [2.24, 2.45) is 5.41 Å². The average molecular weight is 607 g/mol. The summed E-state index contributed by atoms with van der Waals surface area (Å²) in [6.07, 6.45) is 12.5. The van der Waals surface area contributed by atoms with Gasteiger partial charge in [0.15, 0.2) is 0 Å². The number of hydrogen-bond acceptors (Lipinski definition) is 7. The molecule has 12 heteroatoms. The van der Waals surface area contributed by atoms with Crippen molar-refractivity contribution < 1.29 is 37.4 Å². The van der Waals surface area contributed by atoms with Crippen molar-refractivity contribution in [1.29, 1.82) is 0 Å². The first-order valence-corrected chi connectivity index (χ1v) is 14.0. The number of nitrogens with zero attached hydrogens (tertiary/aromatic N) is 2. The van der Waals surface area contributed by atoms with Gasteiger partial charge in [-0.25, -0.2) is 4.79 Å². The van der Waals surface area contributed by atoms with Crippen LogP contribution < -0.4 is 9.47 Å². The van der Waals surface area contributed by atoms with E-state index < -0.39 is 18.2 Å². The lowest BCUT2D eigenvalue weighted by atomic mass is 9.66. The van der Waals surface area contributed by atoms with Crippen molar-refractivity contribution >= 4 is 35.2 Å². The summed E-state index contributed by atoms with van der Waals surface area (Å²) in [5, 5.41) is 14.5. The second-order valence-electron chi connectivity index (χ2n) is 10.9. The molecule has 2 aromatic heterocycles. The molecule has 4 heterocycles. The molecule has 0 amide bonds. The van der Waals surface area contributed by atoms with E-state index in [9.17, 15) is 18.7 Å². The number of aromatic carboxylic acids is 1. The van der Waals surface area contributed by atoms with Crippen molar-refractivity contribution in [2.75, 3.05) is 13.2 Å². The van der Waals surface area contributed by atoms with Gasteiger partial charge in [0.05, 0.1) is 22.2 Å². The molecule has 41 heavy (non-hydrogen) atoms. The molecule has 3 aromatic rings. The lowest BCUT2D eigenvalue weighted by Gasteiger charge is -2.51. The summed E-state index contributed by atoms with van der Waals surface area (Å²) in [4.78, 5) is 15.5. The molecule has 0 spiro atoms. The zero-order chi connectivity index (χ0) is 28.8. The van der Waals surface area contributed by atoms with E-state index in [-0.39, 0.29) is 29.1 Å². The number of carboxylic acid groups (broad SMARTS) is 1. The maximum atomic E-state index is 12.7. The zero-order valence-corrected chi connectivity index (χ0v) is 23.3. The van der Waals surface area contributed by atoms with Crippen molar-refractivity contribution in [1.82, 2.24) is 10.1 Å². The molecule has 2 saturated carbocycles. The van der Waals surface area contributed by atoms with Crippen LogP contribution in [0, 0.1) is 5.41 Å². The number of halogens is 4. The first-order chi connectivity index (χ1) is 19.7. The molecule has 4 aliphatic rings. The van der Waals surface area contributed by atoms with Gasteiger partial charge in [-0.1, -0.05) is 40.5 Å². The third-order valence-electron chi connectivity index (χ3n) is 8.07. The standard InChI is InChI=1S/C29H26Cl2F2N2O6/c30-21-12-34-13-22(31)23(21)24-20(25(41-35-24)16-1-2-16)3-4-28-5-7-29(8-6-28,39-14-28)15-38-18-9-17(26(36)37)10-19(11-18)40-27(32)33/h3-4,9-13,16,27H,1-2,5-8,14-15H2,(H,36,37). The quantitative estimate of drug-likeness (QED) is 0.251. The second kappa shape index (κ2) is 10.9. The Morgan fingerprint density at radius 1 is 1.12 bits per heavy atom. The van der Waals surface area contributed by atoms with Crippen LogP contribution in [0.5, 0.6) is 11.5 Å². The van der Waals surface area contributed by atoms with Crippen LogP contribution in [0.25, 0.3) is 17.3 Å². The van der Waals surface area contributed by atoms with E-state index in [1.54, 1.807) is 0 Å². The molecule has 2 bridgehead atoms. The summed E-state index contributed by atoms with van der Waals surface area (Å²) < 4.78 is 47.8. The van der Waals surface area contributed by atoms with Gasteiger partial charge in [-0.2, -0.15) is 8.78 Å². The van der Waals surface area contributed by atoms with Gasteiger partial charge in [0.25, 0.3) is 0 Å². The summed E-state index contributed by atoms with van der Waals surface area (Å²) in [5.41, 5.74) is 1.09. The molecule has 0 radical (unpaired) electrons. The number of benzene rings is 1. The third-order valence-corrected chi connectivity index (χ3v) is 8.65. The van der Waals surface area contributed by atoms with Crippen LogP contribution in [0.15, 0.2) is 41.2 Å². The van der Waals surface area contributed by atoms with Crippen molar-refractivity contribution in [3.05, 3.63) is 63.6 Å². The fraction of sp³-hybridized carbons (Fsp3) is 0.414. The van der Waals surface area contributed by atoms with Gasteiger partial charge in [-0.05, 0) is 50.7 Å². The molecule has 0 unspecified atom stereocenters. The van der Waals surface area contributed by atoms with Crippen LogP contribution in [0.1, 0.15) is 66.1 Å². The lowest BCUT2D eigenvalue weighted by Crippen LogP contribution is -2.53. The normalized spacial score (nSPS) is 23.8. The Morgan fingerprint density at radius 2 is 1.83 bits per heavy atom. The summed E-state index contributed by atoms with van der Waals surface area (Å²) in [6, 6.07) is 3.57. The minimum Gasteiger partial charge on any atom is -0.490 e. The van der Waals surface area contributed by atoms with Gasteiger partial charge in [-0.15, -0.1) is 0 Å². The van der Waals surface area contributed by atoms with Crippen LogP contribution in [0.3, 0.4) is 0 Å². The van der Waals surface area contributed by atoms with Crippen molar-refractivity contribution in [3.8, 4) is 22.8 Å². The number of aromatic nitrogens is 2. The smallest absolute Gasteiger partial charge is 0.387 e. The van der Waals surface area contributed by atoms with Gasteiger partial charge in [-0.3, -0.25) is 4.98 Å². The highest BCUT2D eigenvalue weighted by Crippen LogP contribution is 2.51. The Labute approximate surface area is 244 Å². The largest absolute Gasteiger partial charge is 0.490 e. The van der Waals surface area contributed by atoms with Gasteiger partial charge in [0, 0.05) is 40.9 Å². The second-order valence-corrected chi connectivity index (χ2v) is 11.7. The first kappa shape index (κ1) is 27.9. The number of carboxylic acids is 1. The molecular formula is C29H26Cl2F2N2O6. The van der Waals surface area contributed by atoms with Crippen LogP contribution >= 0.6 is 23.2 Å². The molecule has 1 aromatic carbocycles. The molecule has 216 valence electrons. The van der Waals surface area contributed by atoms with Gasteiger partial charge < -0.3 is 23.8 Å². The van der Waals surface area contributed by atoms with E-state index in [0.717, 1.165) is 43.1 Å². The number of alkyl halides is 2. The minimum absolute atomic E-state index is 0.127. The number of ether oxygens (including phenoxy) is 3. The minimum atomic E-state index is -3.08. The molecule has 2 aliphatic heterocycles. The van der Waals surface area contributed by atoms with Crippen LogP contribution in [-0.4, -0.2) is 46.6 Å². The molecule has 2 saturated heterocycles. The first-order valence-electron chi connectivity index (χ1n) is 13.2. The van der Waals surface area contributed by atoms with E-state index in [1.807, 2.05) is 6.08 Å². The topological polar surface area (TPSA) is 104 Å². The molecule has 8 nitrogen and oxygen atoms in total. The third kappa shape index (κ3) is 5.78. The highest BCUT2D eigenvalue weighted by atomic mass is 35.5. The fourth-order valence-electron chi connectivity index (χ4n) is 5.54. The number of fused-ring (bicyclic) bond motifs is 3.